The number of para-hydroxylation sites is 1. The largest absolute Gasteiger partial charge is 0.399 e. The lowest BCUT2D eigenvalue weighted by Crippen LogP contribution is -2.30. The molecule has 0 heterocycles. The standard InChI is InChI=1S/C27H37ClN2O3/c1-2-13-24(33-26(28)27(32)30-23-16-8-7-9-17-23)18-10-5-3-4-6-11-19-25(31)21-14-12-15-22(29)20-21/h7-9,12,14-17,20,24,26H,2-6,10-11,13,18-19,29H2,1H3,(H,30,32). The van der Waals surface area contributed by atoms with E-state index in [-0.39, 0.29) is 17.8 Å². The Balaban J connectivity index is 1.58. The van der Waals surface area contributed by atoms with Crippen LogP contribution in [-0.4, -0.2) is 23.4 Å². The zero-order valence-corrected chi connectivity index (χ0v) is 20.4. The first kappa shape index (κ1) is 26.9. The average Bonchev–Trinajstić information content (AvgIpc) is 2.81. The van der Waals surface area contributed by atoms with Gasteiger partial charge in [-0.05, 0) is 43.5 Å². The second-order valence-electron chi connectivity index (χ2n) is 8.43. The Morgan fingerprint density at radius 1 is 0.939 bits per heavy atom. The van der Waals surface area contributed by atoms with Gasteiger partial charge in [0, 0.05) is 23.4 Å². The Morgan fingerprint density at radius 2 is 1.64 bits per heavy atom. The SMILES string of the molecule is CCCC(CCCCCCCCC(=O)c1cccc(N)c1)OC(Cl)C(=O)Nc1ccccc1. The van der Waals surface area contributed by atoms with Crippen molar-refractivity contribution >= 4 is 34.7 Å². The molecule has 0 aromatic heterocycles. The Bertz CT molecular complexity index is 844. The topological polar surface area (TPSA) is 81.4 Å². The molecule has 2 rings (SSSR count). The maximum Gasteiger partial charge on any atom is 0.269 e. The van der Waals surface area contributed by atoms with E-state index in [9.17, 15) is 9.59 Å². The van der Waals surface area contributed by atoms with Crippen molar-refractivity contribution in [2.75, 3.05) is 11.1 Å². The number of carbonyl (C=O) groups is 2. The molecule has 0 aliphatic carbocycles. The Kier molecular flexibility index (Phi) is 12.6. The van der Waals surface area contributed by atoms with Crippen LogP contribution in [0.5, 0.6) is 0 Å². The zero-order chi connectivity index (χ0) is 23.9. The lowest BCUT2D eigenvalue weighted by atomic mass is 10.0. The molecule has 33 heavy (non-hydrogen) atoms. The Morgan fingerprint density at radius 3 is 2.33 bits per heavy atom. The van der Waals surface area contributed by atoms with Crippen LogP contribution in [0.2, 0.25) is 0 Å². The fraction of sp³-hybridized carbons (Fsp3) is 0.481. The van der Waals surface area contributed by atoms with Crippen molar-refractivity contribution < 1.29 is 14.3 Å². The first-order valence-corrected chi connectivity index (χ1v) is 12.5. The summed E-state index contributed by atoms with van der Waals surface area (Å²) in [5.41, 5.74) is 6.78. The fourth-order valence-electron chi connectivity index (χ4n) is 3.77. The highest BCUT2D eigenvalue weighted by Gasteiger charge is 2.21. The fourth-order valence-corrected chi connectivity index (χ4v) is 3.97. The first-order chi connectivity index (χ1) is 16.0. The highest BCUT2D eigenvalue weighted by atomic mass is 35.5. The summed E-state index contributed by atoms with van der Waals surface area (Å²) in [6.45, 7) is 2.11. The van der Waals surface area contributed by atoms with Crippen LogP contribution in [0.1, 0.15) is 81.5 Å². The van der Waals surface area contributed by atoms with Gasteiger partial charge in [0.05, 0.1) is 6.10 Å². The first-order valence-electron chi connectivity index (χ1n) is 12.0. The van der Waals surface area contributed by atoms with E-state index in [1.165, 1.54) is 0 Å². The summed E-state index contributed by atoms with van der Waals surface area (Å²) in [6.07, 6.45) is 9.64. The average molecular weight is 473 g/mol. The normalized spacial score (nSPS) is 12.8. The molecule has 2 unspecified atom stereocenters. The van der Waals surface area contributed by atoms with Gasteiger partial charge in [-0.15, -0.1) is 0 Å². The predicted octanol–water partition coefficient (Wildman–Crippen LogP) is 6.96. The van der Waals surface area contributed by atoms with Gasteiger partial charge in [0.15, 0.2) is 5.78 Å². The molecule has 3 N–H and O–H groups in total. The minimum absolute atomic E-state index is 0.0186. The van der Waals surface area contributed by atoms with E-state index in [0.29, 0.717) is 23.4 Å². The number of carbonyl (C=O) groups excluding carboxylic acids is 2. The van der Waals surface area contributed by atoms with Gasteiger partial charge in [0.25, 0.3) is 5.91 Å². The lowest BCUT2D eigenvalue weighted by Gasteiger charge is -2.20. The number of nitrogens with two attached hydrogens (primary N) is 1. The van der Waals surface area contributed by atoms with E-state index >= 15 is 0 Å². The lowest BCUT2D eigenvalue weighted by molar-refractivity contribution is -0.125. The van der Waals surface area contributed by atoms with Crippen LogP contribution in [-0.2, 0) is 9.53 Å². The van der Waals surface area contributed by atoms with Gasteiger partial charge in [-0.1, -0.05) is 87.4 Å². The third-order valence-electron chi connectivity index (χ3n) is 5.56. The number of benzene rings is 2. The summed E-state index contributed by atoms with van der Waals surface area (Å²) in [7, 11) is 0. The van der Waals surface area contributed by atoms with Crippen molar-refractivity contribution in [1.82, 2.24) is 0 Å². The molecular formula is C27H37ClN2O3. The number of unbranched alkanes of at least 4 members (excludes halogenated alkanes) is 5. The third kappa shape index (κ3) is 10.9. The van der Waals surface area contributed by atoms with Gasteiger partial charge in [-0.3, -0.25) is 9.59 Å². The smallest absolute Gasteiger partial charge is 0.269 e. The summed E-state index contributed by atoms with van der Waals surface area (Å²) < 4.78 is 5.85. The number of amides is 1. The van der Waals surface area contributed by atoms with E-state index in [2.05, 4.69) is 12.2 Å². The highest BCUT2D eigenvalue weighted by Crippen LogP contribution is 2.19. The number of halogens is 1. The molecule has 0 bridgehead atoms. The number of alkyl halides is 1. The Labute approximate surface area is 203 Å². The highest BCUT2D eigenvalue weighted by molar-refractivity contribution is 6.31. The second-order valence-corrected chi connectivity index (χ2v) is 8.82. The van der Waals surface area contributed by atoms with Crippen molar-refractivity contribution in [3.8, 4) is 0 Å². The van der Waals surface area contributed by atoms with Crippen molar-refractivity contribution in [2.24, 2.45) is 0 Å². The molecule has 2 atom stereocenters. The van der Waals surface area contributed by atoms with Crippen LogP contribution in [0.4, 0.5) is 11.4 Å². The Hall–Kier alpha value is -2.37. The van der Waals surface area contributed by atoms with Crippen LogP contribution in [0.3, 0.4) is 0 Å². The van der Waals surface area contributed by atoms with E-state index in [1.807, 2.05) is 42.5 Å². The number of ketones is 1. The molecule has 0 aliphatic heterocycles. The summed E-state index contributed by atoms with van der Waals surface area (Å²) in [6, 6.07) is 16.4. The molecule has 0 fully saturated rings. The monoisotopic (exact) mass is 472 g/mol. The van der Waals surface area contributed by atoms with Crippen molar-refractivity contribution in [1.29, 1.82) is 0 Å². The van der Waals surface area contributed by atoms with Crippen LogP contribution in [0, 0.1) is 0 Å². The number of nitrogens with one attached hydrogen (secondary N) is 1. The third-order valence-corrected chi connectivity index (χ3v) is 5.86. The molecule has 2 aromatic rings. The molecule has 0 spiro atoms. The van der Waals surface area contributed by atoms with Crippen LogP contribution < -0.4 is 11.1 Å². The van der Waals surface area contributed by atoms with Gasteiger partial charge < -0.3 is 15.8 Å². The van der Waals surface area contributed by atoms with Gasteiger partial charge in [0.2, 0.25) is 5.56 Å². The van der Waals surface area contributed by atoms with E-state index < -0.39 is 5.56 Å². The quantitative estimate of drug-likeness (QED) is 0.120. The molecule has 1 amide bonds. The molecule has 6 heteroatoms. The van der Waals surface area contributed by atoms with Gasteiger partial charge in [0.1, 0.15) is 0 Å². The number of Topliss-reactive ketones (excluding diaryl/α,β-unsaturated/α-hetero) is 1. The number of nitrogen functional groups attached to an aromatic ring is 1. The van der Waals surface area contributed by atoms with Crippen molar-refractivity contribution in [3.05, 3.63) is 60.2 Å². The number of ether oxygens (including phenoxy) is 1. The number of hydrogen-bond acceptors (Lipinski definition) is 4. The molecule has 0 radical (unpaired) electrons. The maximum absolute atomic E-state index is 12.3. The summed E-state index contributed by atoms with van der Waals surface area (Å²) in [4.78, 5) is 24.5. The van der Waals surface area contributed by atoms with Crippen LogP contribution in [0.15, 0.2) is 54.6 Å². The summed E-state index contributed by atoms with van der Waals surface area (Å²) in [5.74, 6) is -0.175. The second kappa shape index (κ2) is 15.5. The minimum atomic E-state index is -1.00. The molecule has 5 nitrogen and oxygen atoms in total. The predicted molar refractivity (Wildman–Crippen MR) is 137 cm³/mol. The molecule has 0 saturated carbocycles. The van der Waals surface area contributed by atoms with Crippen LogP contribution in [0.25, 0.3) is 0 Å². The minimum Gasteiger partial charge on any atom is -0.399 e. The molecule has 2 aromatic carbocycles. The number of rotatable bonds is 16. The maximum atomic E-state index is 12.3. The number of hydrogen-bond donors (Lipinski definition) is 2. The van der Waals surface area contributed by atoms with E-state index in [4.69, 9.17) is 22.1 Å². The number of anilines is 2. The molecular weight excluding hydrogens is 436 g/mol. The van der Waals surface area contributed by atoms with Crippen molar-refractivity contribution in [2.45, 2.75) is 82.8 Å². The molecule has 180 valence electrons. The van der Waals surface area contributed by atoms with Gasteiger partial charge >= 0.3 is 0 Å². The molecule has 0 saturated heterocycles. The summed E-state index contributed by atoms with van der Waals surface area (Å²) in [5, 5.41) is 2.78. The molecule has 0 aliphatic rings. The van der Waals surface area contributed by atoms with E-state index in [0.717, 1.165) is 57.8 Å². The van der Waals surface area contributed by atoms with Gasteiger partial charge in [-0.2, -0.15) is 0 Å². The zero-order valence-electron chi connectivity index (χ0n) is 19.6. The van der Waals surface area contributed by atoms with Crippen molar-refractivity contribution in [3.63, 3.8) is 0 Å². The van der Waals surface area contributed by atoms with Gasteiger partial charge in [-0.25, -0.2) is 0 Å². The van der Waals surface area contributed by atoms with E-state index in [1.54, 1.807) is 12.1 Å². The van der Waals surface area contributed by atoms with Crippen LogP contribution >= 0.6 is 11.6 Å². The summed E-state index contributed by atoms with van der Waals surface area (Å²) >= 11 is 6.22.